The van der Waals surface area contributed by atoms with E-state index in [-0.39, 0.29) is 30.7 Å². The highest BCUT2D eigenvalue weighted by Gasteiger charge is 2.34. The number of carbonyl (C=O) groups excluding carboxylic acids is 3. The number of benzene rings is 1. The van der Waals surface area contributed by atoms with Gasteiger partial charge in [0, 0.05) is 25.1 Å². The standard InChI is InChI=1S/C19H21N3O4/c1-12-14(13(2)26-21-12)9-10-20-17(23)8-5-11-22-18(24)15-6-3-4-7-16(15)19(22)25/h3-4,6-7H,5,8-11H2,1-2H3,(H,20,23). The lowest BCUT2D eigenvalue weighted by Crippen LogP contribution is -2.32. The van der Waals surface area contributed by atoms with Gasteiger partial charge in [0.15, 0.2) is 0 Å². The maximum absolute atomic E-state index is 12.2. The molecule has 0 spiro atoms. The first-order valence-corrected chi connectivity index (χ1v) is 8.62. The summed E-state index contributed by atoms with van der Waals surface area (Å²) >= 11 is 0. The Morgan fingerprint density at radius 2 is 1.81 bits per heavy atom. The van der Waals surface area contributed by atoms with Gasteiger partial charge >= 0.3 is 0 Å². The van der Waals surface area contributed by atoms with Gasteiger partial charge in [-0.3, -0.25) is 19.3 Å². The fraction of sp³-hybridized carbons (Fsp3) is 0.368. The Kier molecular flexibility index (Phi) is 5.16. The summed E-state index contributed by atoms with van der Waals surface area (Å²) in [5.41, 5.74) is 2.71. The molecular weight excluding hydrogens is 334 g/mol. The van der Waals surface area contributed by atoms with Crippen molar-refractivity contribution in [3.8, 4) is 0 Å². The monoisotopic (exact) mass is 355 g/mol. The second kappa shape index (κ2) is 7.51. The number of imide groups is 1. The summed E-state index contributed by atoms with van der Waals surface area (Å²) in [5.74, 6) is 0.0876. The number of amides is 3. The smallest absolute Gasteiger partial charge is 0.261 e. The van der Waals surface area contributed by atoms with Crippen molar-refractivity contribution < 1.29 is 18.9 Å². The molecule has 2 heterocycles. The van der Waals surface area contributed by atoms with Crippen LogP contribution < -0.4 is 5.32 Å². The topological polar surface area (TPSA) is 92.5 Å². The zero-order valence-electron chi connectivity index (χ0n) is 14.9. The molecule has 136 valence electrons. The van der Waals surface area contributed by atoms with Crippen LogP contribution in [0.4, 0.5) is 0 Å². The van der Waals surface area contributed by atoms with Crippen molar-refractivity contribution >= 4 is 17.7 Å². The number of rotatable bonds is 7. The zero-order chi connectivity index (χ0) is 18.7. The first kappa shape index (κ1) is 17.8. The molecule has 0 saturated carbocycles. The van der Waals surface area contributed by atoms with Gasteiger partial charge in [0.05, 0.1) is 16.8 Å². The van der Waals surface area contributed by atoms with Crippen LogP contribution in [0.15, 0.2) is 28.8 Å². The molecule has 3 amide bonds. The molecule has 1 aliphatic heterocycles. The van der Waals surface area contributed by atoms with Crippen LogP contribution in [0.5, 0.6) is 0 Å². The fourth-order valence-corrected chi connectivity index (χ4v) is 3.11. The van der Waals surface area contributed by atoms with Crippen LogP contribution >= 0.6 is 0 Å². The van der Waals surface area contributed by atoms with Gasteiger partial charge < -0.3 is 9.84 Å². The molecule has 7 heteroatoms. The Morgan fingerprint density at radius 1 is 1.15 bits per heavy atom. The first-order valence-electron chi connectivity index (χ1n) is 8.62. The molecule has 0 fully saturated rings. The summed E-state index contributed by atoms with van der Waals surface area (Å²) in [6, 6.07) is 6.77. The maximum atomic E-state index is 12.2. The van der Waals surface area contributed by atoms with E-state index in [9.17, 15) is 14.4 Å². The van der Waals surface area contributed by atoms with Gasteiger partial charge in [-0.25, -0.2) is 0 Å². The molecule has 0 radical (unpaired) electrons. The lowest BCUT2D eigenvalue weighted by molar-refractivity contribution is -0.121. The first-order chi connectivity index (χ1) is 12.5. The molecule has 7 nitrogen and oxygen atoms in total. The normalized spacial score (nSPS) is 13.2. The third-order valence-corrected chi connectivity index (χ3v) is 4.54. The van der Waals surface area contributed by atoms with E-state index in [0.717, 1.165) is 17.0 Å². The average molecular weight is 355 g/mol. The van der Waals surface area contributed by atoms with Gasteiger partial charge in [-0.2, -0.15) is 0 Å². The molecule has 1 aromatic carbocycles. The molecule has 0 atom stereocenters. The highest BCUT2D eigenvalue weighted by molar-refractivity contribution is 6.21. The summed E-state index contributed by atoms with van der Waals surface area (Å²) in [4.78, 5) is 37.6. The Balaban J connectivity index is 1.42. The number of aromatic nitrogens is 1. The number of hydrogen-bond donors (Lipinski definition) is 1. The molecule has 0 saturated heterocycles. The van der Waals surface area contributed by atoms with Gasteiger partial charge in [0.2, 0.25) is 5.91 Å². The molecule has 26 heavy (non-hydrogen) atoms. The Hall–Kier alpha value is -2.96. The zero-order valence-corrected chi connectivity index (χ0v) is 14.9. The fourth-order valence-electron chi connectivity index (χ4n) is 3.11. The van der Waals surface area contributed by atoms with Gasteiger partial charge in [-0.1, -0.05) is 17.3 Å². The predicted octanol–water partition coefficient (Wildman–Crippen LogP) is 2.03. The van der Waals surface area contributed by atoms with E-state index in [4.69, 9.17) is 4.52 Å². The van der Waals surface area contributed by atoms with Gasteiger partial charge in [0.25, 0.3) is 11.8 Å². The molecule has 0 bridgehead atoms. The molecule has 2 aromatic rings. The summed E-state index contributed by atoms with van der Waals surface area (Å²) in [6.45, 7) is 4.45. The van der Waals surface area contributed by atoms with Crippen LogP contribution in [0.2, 0.25) is 0 Å². The van der Waals surface area contributed by atoms with E-state index in [1.54, 1.807) is 24.3 Å². The Labute approximate surface area is 151 Å². The molecule has 1 N–H and O–H groups in total. The van der Waals surface area contributed by atoms with Crippen LogP contribution in [0.25, 0.3) is 0 Å². The molecule has 1 aromatic heterocycles. The number of hydrogen-bond acceptors (Lipinski definition) is 5. The lowest BCUT2D eigenvalue weighted by atomic mass is 10.1. The predicted molar refractivity (Wildman–Crippen MR) is 93.7 cm³/mol. The highest BCUT2D eigenvalue weighted by Crippen LogP contribution is 2.22. The van der Waals surface area contributed by atoms with Crippen molar-refractivity contribution in [1.82, 2.24) is 15.4 Å². The van der Waals surface area contributed by atoms with Crippen molar-refractivity contribution in [3.05, 3.63) is 52.4 Å². The largest absolute Gasteiger partial charge is 0.361 e. The van der Waals surface area contributed by atoms with Gasteiger partial charge in [0.1, 0.15) is 5.76 Å². The van der Waals surface area contributed by atoms with Crippen LogP contribution in [0.3, 0.4) is 0 Å². The highest BCUT2D eigenvalue weighted by atomic mass is 16.5. The molecule has 0 unspecified atom stereocenters. The van der Waals surface area contributed by atoms with Gasteiger partial charge in [-0.05, 0) is 38.8 Å². The van der Waals surface area contributed by atoms with E-state index in [0.29, 0.717) is 30.5 Å². The van der Waals surface area contributed by atoms with Crippen molar-refractivity contribution in [2.24, 2.45) is 0 Å². The average Bonchev–Trinajstić information content (AvgIpc) is 3.07. The van der Waals surface area contributed by atoms with Crippen LogP contribution in [0, 0.1) is 13.8 Å². The van der Waals surface area contributed by atoms with Crippen molar-refractivity contribution in [2.75, 3.05) is 13.1 Å². The van der Waals surface area contributed by atoms with Crippen molar-refractivity contribution in [2.45, 2.75) is 33.1 Å². The third-order valence-electron chi connectivity index (χ3n) is 4.54. The number of nitrogens with zero attached hydrogens (tertiary/aromatic N) is 2. The van der Waals surface area contributed by atoms with E-state index in [1.807, 2.05) is 13.8 Å². The number of nitrogens with one attached hydrogen (secondary N) is 1. The Bertz CT molecular complexity index is 802. The maximum Gasteiger partial charge on any atom is 0.261 e. The summed E-state index contributed by atoms with van der Waals surface area (Å²) in [6.07, 6.45) is 1.35. The van der Waals surface area contributed by atoms with Crippen molar-refractivity contribution in [3.63, 3.8) is 0 Å². The van der Waals surface area contributed by atoms with E-state index in [1.165, 1.54) is 4.90 Å². The van der Waals surface area contributed by atoms with E-state index in [2.05, 4.69) is 10.5 Å². The minimum absolute atomic E-state index is 0.103. The summed E-state index contributed by atoms with van der Waals surface area (Å²) in [5, 5.41) is 6.73. The lowest BCUT2D eigenvalue weighted by Gasteiger charge is -2.13. The second-order valence-electron chi connectivity index (χ2n) is 6.31. The number of fused-ring (bicyclic) bond motifs is 1. The van der Waals surface area contributed by atoms with Crippen LogP contribution in [-0.4, -0.2) is 40.9 Å². The summed E-state index contributed by atoms with van der Waals surface area (Å²) in [7, 11) is 0. The molecular formula is C19H21N3O4. The third kappa shape index (κ3) is 3.51. The summed E-state index contributed by atoms with van der Waals surface area (Å²) < 4.78 is 5.09. The molecule has 3 rings (SSSR count). The Morgan fingerprint density at radius 3 is 2.38 bits per heavy atom. The van der Waals surface area contributed by atoms with Crippen molar-refractivity contribution in [1.29, 1.82) is 0 Å². The van der Waals surface area contributed by atoms with Crippen LogP contribution in [0.1, 0.15) is 50.6 Å². The minimum atomic E-state index is -0.288. The quantitative estimate of drug-likeness (QED) is 0.767. The molecule has 0 aliphatic carbocycles. The van der Waals surface area contributed by atoms with E-state index < -0.39 is 0 Å². The van der Waals surface area contributed by atoms with Gasteiger partial charge in [-0.15, -0.1) is 0 Å². The number of carbonyl (C=O) groups is 3. The molecule has 1 aliphatic rings. The number of aryl methyl sites for hydroxylation is 2. The second-order valence-corrected chi connectivity index (χ2v) is 6.31. The SMILES string of the molecule is Cc1noc(C)c1CCNC(=O)CCCN1C(=O)c2ccccc2C1=O. The van der Waals surface area contributed by atoms with Crippen LogP contribution in [-0.2, 0) is 11.2 Å². The minimum Gasteiger partial charge on any atom is -0.361 e. The van der Waals surface area contributed by atoms with E-state index >= 15 is 0 Å².